The summed E-state index contributed by atoms with van der Waals surface area (Å²) in [5.41, 5.74) is 15.5. The summed E-state index contributed by atoms with van der Waals surface area (Å²) < 4.78 is 0. The Labute approximate surface area is 295 Å². The van der Waals surface area contributed by atoms with Crippen molar-refractivity contribution in [3.63, 3.8) is 0 Å². The van der Waals surface area contributed by atoms with Crippen molar-refractivity contribution in [3.05, 3.63) is 115 Å². The molecule has 9 heteroatoms. The highest BCUT2D eigenvalue weighted by atomic mass is 16.2. The monoisotopic (exact) mass is 671 g/mol. The number of nitrogens with zero attached hydrogens (tertiary/aromatic N) is 4. The lowest BCUT2D eigenvalue weighted by Crippen LogP contribution is -2.65. The van der Waals surface area contributed by atoms with Crippen LogP contribution in [-0.2, 0) is 22.4 Å². The van der Waals surface area contributed by atoms with Crippen molar-refractivity contribution in [2.45, 2.75) is 70.1 Å². The average molecular weight is 672 g/mol. The molecule has 4 aromatic carbocycles. The zero-order valence-corrected chi connectivity index (χ0v) is 29.1. The molecular weight excluding hydrogens is 622 g/mol. The van der Waals surface area contributed by atoms with Crippen LogP contribution < -0.4 is 16.8 Å². The number of carbonyl (C=O) groups excluding carboxylic acids is 2. The highest BCUT2D eigenvalue weighted by Crippen LogP contribution is 2.26. The van der Waals surface area contributed by atoms with Gasteiger partial charge in [0.15, 0.2) is 0 Å². The molecule has 1 aromatic heterocycles. The van der Waals surface area contributed by atoms with Gasteiger partial charge in [-0.05, 0) is 76.8 Å². The Bertz CT molecular complexity index is 1900. The highest BCUT2D eigenvalue weighted by molar-refractivity contribution is 5.87. The number of nitrogens with two attached hydrogens (primary N) is 2. The minimum Gasteiger partial charge on any atom is -0.354 e. The Morgan fingerprint density at radius 1 is 0.720 bits per heavy atom. The molecule has 0 radical (unpaired) electrons. The molecule has 6 rings (SSSR count). The molecule has 260 valence electrons. The molecule has 0 bridgehead atoms. The molecule has 0 saturated carbocycles. The zero-order valence-electron chi connectivity index (χ0n) is 29.1. The number of nitrogens with one attached hydrogen (secondary N) is 1. The van der Waals surface area contributed by atoms with E-state index in [1.54, 1.807) is 18.5 Å². The summed E-state index contributed by atoms with van der Waals surface area (Å²) in [5.74, 6) is 0.734. The van der Waals surface area contributed by atoms with Gasteiger partial charge in [0.05, 0.1) is 12.1 Å². The van der Waals surface area contributed by atoms with Gasteiger partial charge in [-0.25, -0.2) is 9.97 Å². The fraction of sp³-hybridized carbons (Fsp3) is 0.366. The summed E-state index contributed by atoms with van der Waals surface area (Å²) in [6.07, 6.45) is 6.49. The molecule has 2 heterocycles. The fourth-order valence-electron chi connectivity index (χ4n) is 7.25. The van der Waals surface area contributed by atoms with Crippen molar-refractivity contribution in [1.82, 2.24) is 19.8 Å². The lowest BCUT2D eigenvalue weighted by atomic mass is 9.93. The normalized spacial score (nSPS) is 17.6. The van der Waals surface area contributed by atoms with Gasteiger partial charge in [0.1, 0.15) is 0 Å². The molecule has 4 atom stereocenters. The van der Waals surface area contributed by atoms with Crippen molar-refractivity contribution in [2.75, 3.05) is 25.0 Å². The van der Waals surface area contributed by atoms with Crippen LogP contribution in [-0.4, -0.2) is 75.4 Å². The van der Waals surface area contributed by atoms with Gasteiger partial charge in [0.25, 0.3) is 0 Å². The summed E-state index contributed by atoms with van der Waals surface area (Å²) in [5, 5.41) is 7.84. The van der Waals surface area contributed by atoms with Gasteiger partial charge in [-0.15, -0.1) is 0 Å². The minimum atomic E-state index is -0.702. The molecule has 5 aromatic rings. The second-order valence-electron chi connectivity index (χ2n) is 14.0. The summed E-state index contributed by atoms with van der Waals surface area (Å²) in [6.45, 7) is 5.78. The van der Waals surface area contributed by atoms with E-state index in [2.05, 4.69) is 89.8 Å². The number of aromatic nitrogens is 2. The van der Waals surface area contributed by atoms with Gasteiger partial charge >= 0.3 is 0 Å². The van der Waals surface area contributed by atoms with Crippen LogP contribution in [0.5, 0.6) is 0 Å². The minimum absolute atomic E-state index is 0.0721. The molecule has 0 aliphatic carbocycles. The molecule has 5 N–H and O–H groups in total. The van der Waals surface area contributed by atoms with E-state index >= 15 is 0 Å². The standard InChI is InChI=1S/C41H49N7O2/c1-28(2)21-36-27-47(39(49)37(42)24-29-14-16-31-9-3-5-11-33(31)22-29)35(13-7-18-44-41-45-19-8-20-46-41)26-48(36)40(50)38(43)25-30-15-17-32-10-4-6-12-34(32)23-30/h3-6,8-12,14-17,19-20,22-23,28,35-38H,7,13,18,21,24-27,42-43H2,1-2H3,(H,44,45,46)/t35-,36+,37+,38+/m0/s1. The van der Waals surface area contributed by atoms with E-state index < -0.39 is 12.1 Å². The smallest absolute Gasteiger partial charge is 0.240 e. The molecule has 1 aliphatic heterocycles. The van der Waals surface area contributed by atoms with Gasteiger partial charge in [-0.3, -0.25) is 9.59 Å². The van der Waals surface area contributed by atoms with E-state index in [0.717, 1.165) is 45.5 Å². The number of fused-ring (bicyclic) bond motifs is 2. The number of benzene rings is 4. The first-order chi connectivity index (χ1) is 24.2. The Hall–Kier alpha value is -4.86. The summed E-state index contributed by atoms with van der Waals surface area (Å²) in [6, 6.07) is 28.9. The second kappa shape index (κ2) is 16.2. The first-order valence-corrected chi connectivity index (χ1v) is 17.8. The Balaban J connectivity index is 1.20. The van der Waals surface area contributed by atoms with Gasteiger partial charge in [0.2, 0.25) is 17.8 Å². The number of hydrogen-bond donors (Lipinski definition) is 3. The Kier molecular flexibility index (Phi) is 11.4. The van der Waals surface area contributed by atoms with Crippen LogP contribution in [0.25, 0.3) is 21.5 Å². The second-order valence-corrected chi connectivity index (χ2v) is 14.0. The molecule has 0 unspecified atom stereocenters. The van der Waals surface area contributed by atoms with Crippen LogP contribution in [0.15, 0.2) is 103 Å². The van der Waals surface area contributed by atoms with Crippen molar-refractivity contribution < 1.29 is 9.59 Å². The van der Waals surface area contributed by atoms with E-state index in [-0.39, 0.29) is 23.9 Å². The Morgan fingerprint density at radius 2 is 1.22 bits per heavy atom. The van der Waals surface area contributed by atoms with E-state index in [1.165, 1.54) is 0 Å². The van der Waals surface area contributed by atoms with Gasteiger partial charge in [0, 0.05) is 44.1 Å². The van der Waals surface area contributed by atoms with E-state index in [0.29, 0.717) is 50.8 Å². The lowest BCUT2D eigenvalue weighted by Gasteiger charge is -2.48. The van der Waals surface area contributed by atoms with Gasteiger partial charge in [-0.1, -0.05) is 98.8 Å². The summed E-state index contributed by atoms with van der Waals surface area (Å²) in [7, 11) is 0. The quantitative estimate of drug-likeness (QED) is 0.140. The maximum atomic E-state index is 14.3. The first kappa shape index (κ1) is 35.0. The first-order valence-electron chi connectivity index (χ1n) is 17.8. The van der Waals surface area contributed by atoms with Crippen LogP contribution in [0.2, 0.25) is 0 Å². The SMILES string of the molecule is CC(C)C[C@@H]1CN(C(=O)[C@H](N)Cc2ccc3ccccc3c2)[C@@H](CCCNc2ncccn2)CN1C(=O)[C@H](N)Cc1ccc2ccccc2c1. The third-order valence-electron chi connectivity index (χ3n) is 9.74. The van der Waals surface area contributed by atoms with E-state index in [1.807, 2.05) is 34.1 Å². The topological polar surface area (TPSA) is 130 Å². The average Bonchev–Trinajstić information content (AvgIpc) is 3.13. The molecule has 9 nitrogen and oxygen atoms in total. The maximum absolute atomic E-state index is 14.3. The van der Waals surface area contributed by atoms with Gasteiger partial charge in [-0.2, -0.15) is 0 Å². The van der Waals surface area contributed by atoms with Crippen LogP contribution in [0, 0.1) is 5.92 Å². The molecule has 1 aliphatic rings. The largest absolute Gasteiger partial charge is 0.354 e. The van der Waals surface area contributed by atoms with Crippen LogP contribution >= 0.6 is 0 Å². The zero-order chi connectivity index (χ0) is 35.0. The third kappa shape index (κ3) is 8.64. The van der Waals surface area contributed by atoms with E-state index in [9.17, 15) is 9.59 Å². The predicted octanol–water partition coefficient (Wildman–Crippen LogP) is 5.57. The number of hydrogen-bond acceptors (Lipinski definition) is 7. The Morgan fingerprint density at radius 3 is 1.76 bits per heavy atom. The number of rotatable bonds is 13. The molecule has 1 saturated heterocycles. The highest BCUT2D eigenvalue weighted by Gasteiger charge is 2.40. The van der Waals surface area contributed by atoms with Crippen molar-refractivity contribution in [2.24, 2.45) is 17.4 Å². The molecular formula is C41H49N7O2. The van der Waals surface area contributed by atoms with Crippen molar-refractivity contribution in [3.8, 4) is 0 Å². The van der Waals surface area contributed by atoms with Gasteiger partial charge < -0.3 is 26.6 Å². The lowest BCUT2D eigenvalue weighted by molar-refractivity contribution is -0.149. The maximum Gasteiger partial charge on any atom is 0.240 e. The van der Waals surface area contributed by atoms with Crippen molar-refractivity contribution >= 4 is 39.3 Å². The molecule has 2 amide bonds. The van der Waals surface area contributed by atoms with Crippen LogP contribution in [0.1, 0.15) is 44.2 Å². The molecule has 0 spiro atoms. The number of amides is 2. The van der Waals surface area contributed by atoms with Crippen LogP contribution in [0.3, 0.4) is 0 Å². The van der Waals surface area contributed by atoms with Crippen LogP contribution in [0.4, 0.5) is 5.95 Å². The molecule has 50 heavy (non-hydrogen) atoms. The summed E-state index contributed by atoms with van der Waals surface area (Å²) in [4.78, 5) is 40.9. The van der Waals surface area contributed by atoms with Crippen molar-refractivity contribution in [1.29, 1.82) is 0 Å². The number of carbonyl (C=O) groups is 2. The number of anilines is 1. The summed E-state index contributed by atoms with van der Waals surface area (Å²) >= 11 is 0. The molecule has 1 fully saturated rings. The third-order valence-corrected chi connectivity index (χ3v) is 9.74. The van der Waals surface area contributed by atoms with E-state index in [4.69, 9.17) is 11.5 Å². The fourth-order valence-corrected chi connectivity index (χ4v) is 7.25. The predicted molar refractivity (Wildman–Crippen MR) is 201 cm³/mol. The number of piperazine rings is 1.